The third-order valence-corrected chi connectivity index (χ3v) is 2.55. The van der Waals surface area contributed by atoms with E-state index in [4.69, 9.17) is 9.47 Å². The van der Waals surface area contributed by atoms with Gasteiger partial charge in [0.2, 0.25) is 0 Å². The number of nitrogens with one attached hydrogen (secondary N) is 1. The number of hydrogen-bond donors (Lipinski definition) is 1. The quantitative estimate of drug-likeness (QED) is 0.781. The molecule has 3 nitrogen and oxygen atoms in total. The zero-order valence-corrected chi connectivity index (χ0v) is 11.3. The molecule has 0 atom stereocenters. The summed E-state index contributed by atoms with van der Waals surface area (Å²) in [5.74, 6) is 0. The van der Waals surface area contributed by atoms with E-state index in [1.54, 1.807) is 0 Å². The predicted molar refractivity (Wildman–Crippen MR) is 69.7 cm³/mol. The number of hydrogen-bond acceptors (Lipinski definition) is 3. The van der Waals surface area contributed by atoms with Crippen molar-refractivity contribution in [3.63, 3.8) is 0 Å². The van der Waals surface area contributed by atoms with Gasteiger partial charge in [-0.1, -0.05) is 15.9 Å². The second-order valence-electron chi connectivity index (χ2n) is 3.23. The van der Waals surface area contributed by atoms with Crippen LogP contribution >= 0.6 is 15.9 Å². The van der Waals surface area contributed by atoms with Crippen LogP contribution in [0.4, 0.5) is 5.69 Å². The van der Waals surface area contributed by atoms with Gasteiger partial charge in [-0.05, 0) is 38.1 Å². The lowest BCUT2D eigenvalue weighted by molar-refractivity contribution is -0.126. The molecule has 0 saturated heterocycles. The molecule has 0 amide bonds. The van der Waals surface area contributed by atoms with E-state index < -0.39 is 0 Å². The van der Waals surface area contributed by atoms with Gasteiger partial charge in [-0.25, -0.2) is 0 Å². The van der Waals surface area contributed by atoms with Gasteiger partial charge >= 0.3 is 0 Å². The topological polar surface area (TPSA) is 30.5 Å². The average molecular weight is 288 g/mol. The fraction of sp³-hybridized carbons (Fsp3) is 0.500. The van der Waals surface area contributed by atoms with Crippen LogP contribution in [0.2, 0.25) is 0 Å². The van der Waals surface area contributed by atoms with Crippen LogP contribution in [-0.2, 0) is 9.47 Å². The van der Waals surface area contributed by atoms with Gasteiger partial charge < -0.3 is 14.8 Å². The zero-order valence-electron chi connectivity index (χ0n) is 9.70. The van der Waals surface area contributed by atoms with Gasteiger partial charge in [0.15, 0.2) is 6.29 Å². The van der Waals surface area contributed by atoms with Crippen molar-refractivity contribution in [3.8, 4) is 0 Å². The summed E-state index contributed by atoms with van der Waals surface area (Å²) in [6.07, 6.45) is -0.182. The van der Waals surface area contributed by atoms with Crippen LogP contribution in [0.3, 0.4) is 0 Å². The minimum absolute atomic E-state index is 0.182. The maximum atomic E-state index is 5.43. The van der Waals surface area contributed by atoms with Crippen LogP contribution in [0.15, 0.2) is 28.7 Å². The Kier molecular flexibility index (Phi) is 6.45. The molecule has 0 spiro atoms. The summed E-state index contributed by atoms with van der Waals surface area (Å²) >= 11 is 3.40. The van der Waals surface area contributed by atoms with E-state index in [1.165, 1.54) is 0 Å². The van der Waals surface area contributed by atoms with Gasteiger partial charge in [-0.3, -0.25) is 0 Å². The normalized spacial score (nSPS) is 10.8. The molecule has 1 aromatic carbocycles. The SMILES string of the molecule is CCOC(CNc1ccc(Br)cc1)OCC. The molecule has 1 N–H and O–H groups in total. The molecular weight excluding hydrogens is 270 g/mol. The molecule has 0 unspecified atom stereocenters. The maximum Gasteiger partial charge on any atom is 0.174 e. The van der Waals surface area contributed by atoms with Crippen molar-refractivity contribution in [2.24, 2.45) is 0 Å². The van der Waals surface area contributed by atoms with Gasteiger partial charge in [0.05, 0.1) is 6.54 Å². The number of anilines is 1. The van der Waals surface area contributed by atoms with Crippen molar-refractivity contribution in [1.29, 1.82) is 0 Å². The lowest BCUT2D eigenvalue weighted by Gasteiger charge is -2.18. The minimum Gasteiger partial charge on any atom is -0.380 e. The summed E-state index contributed by atoms with van der Waals surface area (Å²) in [7, 11) is 0. The molecule has 0 aromatic heterocycles. The van der Waals surface area contributed by atoms with Crippen LogP contribution in [-0.4, -0.2) is 26.0 Å². The molecule has 0 aliphatic carbocycles. The summed E-state index contributed by atoms with van der Waals surface area (Å²) < 4.78 is 11.9. The van der Waals surface area contributed by atoms with Crippen molar-refractivity contribution in [2.45, 2.75) is 20.1 Å². The maximum absolute atomic E-state index is 5.43. The smallest absolute Gasteiger partial charge is 0.174 e. The van der Waals surface area contributed by atoms with Crippen molar-refractivity contribution in [1.82, 2.24) is 0 Å². The van der Waals surface area contributed by atoms with E-state index in [0.717, 1.165) is 10.2 Å². The molecule has 0 saturated carbocycles. The molecule has 16 heavy (non-hydrogen) atoms. The molecule has 4 heteroatoms. The number of ether oxygens (including phenoxy) is 2. The van der Waals surface area contributed by atoms with E-state index in [2.05, 4.69) is 21.2 Å². The van der Waals surface area contributed by atoms with Crippen LogP contribution in [0, 0.1) is 0 Å². The van der Waals surface area contributed by atoms with Gasteiger partial charge in [0.1, 0.15) is 0 Å². The van der Waals surface area contributed by atoms with Crippen molar-refractivity contribution in [2.75, 3.05) is 25.1 Å². The Bertz CT molecular complexity index is 284. The fourth-order valence-corrected chi connectivity index (χ4v) is 1.57. The highest BCUT2D eigenvalue weighted by molar-refractivity contribution is 9.10. The van der Waals surface area contributed by atoms with Gasteiger partial charge in [-0.2, -0.15) is 0 Å². The molecule has 90 valence electrons. The molecule has 0 aliphatic rings. The molecule has 0 fully saturated rings. The molecule has 0 bridgehead atoms. The first-order valence-corrected chi connectivity index (χ1v) is 6.28. The highest BCUT2D eigenvalue weighted by Gasteiger charge is 2.06. The van der Waals surface area contributed by atoms with Crippen molar-refractivity contribution in [3.05, 3.63) is 28.7 Å². The Balaban J connectivity index is 2.38. The van der Waals surface area contributed by atoms with Gasteiger partial charge in [-0.15, -0.1) is 0 Å². The second kappa shape index (κ2) is 7.65. The van der Waals surface area contributed by atoms with Gasteiger partial charge in [0, 0.05) is 23.4 Å². The molecule has 0 heterocycles. The average Bonchev–Trinajstić information content (AvgIpc) is 2.29. The van der Waals surface area contributed by atoms with Crippen molar-refractivity contribution >= 4 is 21.6 Å². The Labute approximate surface area is 105 Å². The summed E-state index contributed by atoms with van der Waals surface area (Å²) in [6.45, 7) is 5.90. The van der Waals surface area contributed by atoms with Crippen LogP contribution in [0.25, 0.3) is 0 Å². The number of benzene rings is 1. The Morgan fingerprint density at radius 2 is 1.69 bits per heavy atom. The highest BCUT2D eigenvalue weighted by Crippen LogP contribution is 2.14. The first-order chi connectivity index (χ1) is 7.76. The van der Waals surface area contributed by atoms with Crippen LogP contribution in [0.5, 0.6) is 0 Å². The lowest BCUT2D eigenvalue weighted by Crippen LogP contribution is -2.26. The minimum atomic E-state index is -0.182. The van der Waals surface area contributed by atoms with Gasteiger partial charge in [0.25, 0.3) is 0 Å². The third kappa shape index (κ3) is 4.96. The first-order valence-electron chi connectivity index (χ1n) is 5.49. The van der Waals surface area contributed by atoms with Crippen molar-refractivity contribution < 1.29 is 9.47 Å². The zero-order chi connectivity index (χ0) is 11.8. The van der Waals surface area contributed by atoms with Crippen LogP contribution in [0.1, 0.15) is 13.8 Å². The predicted octanol–water partition coefficient (Wildman–Crippen LogP) is 3.26. The molecule has 0 radical (unpaired) electrons. The summed E-state index contributed by atoms with van der Waals surface area (Å²) in [4.78, 5) is 0. The van der Waals surface area contributed by atoms with E-state index >= 15 is 0 Å². The van der Waals surface area contributed by atoms with E-state index in [0.29, 0.717) is 19.8 Å². The number of rotatable bonds is 7. The molecule has 1 rings (SSSR count). The molecule has 1 aromatic rings. The summed E-state index contributed by atoms with van der Waals surface area (Å²) in [6, 6.07) is 8.02. The van der Waals surface area contributed by atoms with E-state index in [-0.39, 0.29) is 6.29 Å². The fourth-order valence-electron chi connectivity index (χ4n) is 1.31. The Hall–Kier alpha value is -0.580. The molecule has 0 aliphatic heterocycles. The highest BCUT2D eigenvalue weighted by atomic mass is 79.9. The first kappa shape index (κ1) is 13.5. The molecular formula is C12H18BrNO2. The van der Waals surface area contributed by atoms with Crippen LogP contribution < -0.4 is 5.32 Å². The van der Waals surface area contributed by atoms with E-state index in [9.17, 15) is 0 Å². The number of halogens is 1. The monoisotopic (exact) mass is 287 g/mol. The summed E-state index contributed by atoms with van der Waals surface area (Å²) in [5, 5.41) is 3.27. The third-order valence-electron chi connectivity index (χ3n) is 2.02. The largest absolute Gasteiger partial charge is 0.380 e. The second-order valence-corrected chi connectivity index (χ2v) is 4.14. The Morgan fingerprint density at radius 3 is 2.19 bits per heavy atom. The Morgan fingerprint density at radius 1 is 1.12 bits per heavy atom. The van der Waals surface area contributed by atoms with E-state index in [1.807, 2.05) is 38.1 Å². The standard InChI is InChI=1S/C12H18BrNO2/c1-3-15-12(16-4-2)9-14-11-7-5-10(13)6-8-11/h5-8,12,14H,3-4,9H2,1-2H3. The summed E-state index contributed by atoms with van der Waals surface area (Å²) in [5.41, 5.74) is 1.06. The lowest BCUT2D eigenvalue weighted by atomic mass is 10.3.